The Morgan fingerprint density at radius 3 is 2.43 bits per heavy atom. The molecule has 4 rings (SSSR count). The number of nitrogens with zero attached hydrogens (tertiary/aromatic N) is 2. The summed E-state index contributed by atoms with van der Waals surface area (Å²) >= 11 is 14.0. The second-order valence-electron chi connectivity index (χ2n) is 7.83. The first-order chi connectivity index (χ1) is 17.8. The maximum absolute atomic E-state index is 13.9. The Balaban J connectivity index is 1.50. The lowest BCUT2D eigenvalue weighted by atomic mass is 10.2. The molecule has 1 aliphatic rings. The van der Waals surface area contributed by atoms with Gasteiger partial charge in [-0.15, -0.1) is 0 Å². The minimum atomic E-state index is -0.407. The van der Waals surface area contributed by atoms with Crippen LogP contribution in [0, 0.1) is 5.82 Å². The fourth-order valence-corrected chi connectivity index (χ4v) is 4.97. The fourth-order valence-electron chi connectivity index (χ4n) is 3.37. The molecule has 10 heteroatoms. The lowest BCUT2D eigenvalue weighted by molar-refractivity contribution is -0.121. The van der Waals surface area contributed by atoms with Gasteiger partial charge in [-0.05, 0) is 72.8 Å². The molecule has 1 fully saturated rings. The van der Waals surface area contributed by atoms with E-state index in [9.17, 15) is 14.0 Å². The SMILES string of the molecule is CCOC(=O)c1ccc(N=C2S/C(=C\c3cc(Cl)c(OCc4ccccc4F)c(Cl)c3)C(=O)N2C)cc1. The van der Waals surface area contributed by atoms with Crippen molar-refractivity contribution >= 4 is 63.8 Å². The van der Waals surface area contributed by atoms with Crippen molar-refractivity contribution in [1.29, 1.82) is 0 Å². The number of amides is 1. The van der Waals surface area contributed by atoms with Crippen molar-refractivity contribution in [2.75, 3.05) is 13.7 Å². The molecule has 6 nitrogen and oxygen atoms in total. The van der Waals surface area contributed by atoms with Gasteiger partial charge >= 0.3 is 5.97 Å². The van der Waals surface area contributed by atoms with E-state index in [2.05, 4.69) is 4.99 Å². The van der Waals surface area contributed by atoms with Gasteiger partial charge in [-0.1, -0.05) is 41.4 Å². The molecule has 0 aromatic heterocycles. The van der Waals surface area contributed by atoms with Crippen LogP contribution in [-0.4, -0.2) is 35.6 Å². The molecule has 0 bridgehead atoms. The van der Waals surface area contributed by atoms with Crippen molar-refractivity contribution in [2.24, 2.45) is 4.99 Å². The van der Waals surface area contributed by atoms with Crippen LogP contribution >= 0.6 is 35.0 Å². The zero-order chi connectivity index (χ0) is 26.5. The second-order valence-corrected chi connectivity index (χ2v) is 9.65. The van der Waals surface area contributed by atoms with Gasteiger partial charge in [0.05, 0.1) is 32.8 Å². The predicted octanol–water partition coefficient (Wildman–Crippen LogP) is 7.12. The van der Waals surface area contributed by atoms with Crippen LogP contribution in [0.15, 0.2) is 70.6 Å². The number of amidine groups is 1. The van der Waals surface area contributed by atoms with Crippen LogP contribution in [0.25, 0.3) is 6.08 Å². The largest absolute Gasteiger partial charge is 0.486 e. The Morgan fingerprint density at radius 2 is 1.78 bits per heavy atom. The van der Waals surface area contributed by atoms with Crippen molar-refractivity contribution in [3.8, 4) is 5.75 Å². The lowest BCUT2D eigenvalue weighted by Crippen LogP contribution is -2.23. The number of esters is 1. The van der Waals surface area contributed by atoms with Crippen LogP contribution in [0.3, 0.4) is 0 Å². The van der Waals surface area contributed by atoms with Crippen molar-refractivity contribution in [3.63, 3.8) is 0 Å². The van der Waals surface area contributed by atoms with E-state index in [0.29, 0.717) is 39.1 Å². The summed E-state index contributed by atoms with van der Waals surface area (Å²) in [5.74, 6) is -0.802. The van der Waals surface area contributed by atoms with E-state index in [0.717, 1.165) is 0 Å². The first-order valence-corrected chi connectivity index (χ1v) is 12.7. The Labute approximate surface area is 227 Å². The third-order valence-electron chi connectivity index (χ3n) is 5.25. The summed E-state index contributed by atoms with van der Waals surface area (Å²) in [7, 11) is 1.63. The van der Waals surface area contributed by atoms with Gasteiger partial charge in [-0.25, -0.2) is 14.2 Å². The van der Waals surface area contributed by atoms with E-state index in [1.54, 1.807) is 74.6 Å². The Bertz CT molecular complexity index is 1390. The molecule has 1 amide bonds. The van der Waals surface area contributed by atoms with Gasteiger partial charge < -0.3 is 9.47 Å². The highest BCUT2D eigenvalue weighted by Crippen LogP contribution is 2.38. The second kappa shape index (κ2) is 11.8. The summed E-state index contributed by atoms with van der Waals surface area (Å²) in [6, 6.07) is 16.1. The molecule has 0 saturated carbocycles. The van der Waals surface area contributed by atoms with E-state index in [4.69, 9.17) is 32.7 Å². The number of ether oxygens (including phenoxy) is 2. The summed E-state index contributed by atoms with van der Waals surface area (Å²) < 4.78 is 24.5. The molecule has 0 N–H and O–H groups in total. The molecule has 3 aromatic rings. The van der Waals surface area contributed by atoms with Crippen molar-refractivity contribution in [1.82, 2.24) is 4.90 Å². The third kappa shape index (κ3) is 6.33. The first kappa shape index (κ1) is 26.7. The molecular weight excluding hydrogens is 538 g/mol. The van der Waals surface area contributed by atoms with Crippen LogP contribution in [0.4, 0.5) is 10.1 Å². The van der Waals surface area contributed by atoms with E-state index < -0.39 is 5.97 Å². The molecule has 3 aromatic carbocycles. The van der Waals surface area contributed by atoms with Gasteiger partial charge in [0.15, 0.2) is 10.9 Å². The Morgan fingerprint density at radius 1 is 1.11 bits per heavy atom. The van der Waals surface area contributed by atoms with Crippen LogP contribution in [0.2, 0.25) is 10.0 Å². The highest BCUT2D eigenvalue weighted by Gasteiger charge is 2.30. The minimum absolute atomic E-state index is 0.0354. The highest BCUT2D eigenvalue weighted by molar-refractivity contribution is 8.18. The molecule has 0 unspecified atom stereocenters. The zero-order valence-corrected chi connectivity index (χ0v) is 22.2. The molecule has 37 heavy (non-hydrogen) atoms. The van der Waals surface area contributed by atoms with E-state index in [1.165, 1.54) is 22.7 Å². The molecule has 0 aliphatic carbocycles. The van der Waals surface area contributed by atoms with E-state index in [-0.39, 0.29) is 34.1 Å². The summed E-state index contributed by atoms with van der Waals surface area (Å²) in [5.41, 5.74) is 1.97. The smallest absolute Gasteiger partial charge is 0.338 e. The molecule has 1 saturated heterocycles. The molecule has 0 radical (unpaired) electrons. The summed E-state index contributed by atoms with van der Waals surface area (Å²) in [6.07, 6.45) is 1.66. The number of benzene rings is 3. The van der Waals surface area contributed by atoms with Crippen LogP contribution in [0.5, 0.6) is 5.75 Å². The van der Waals surface area contributed by atoms with Crippen LogP contribution < -0.4 is 4.74 Å². The Kier molecular flexibility index (Phi) is 8.53. The van der Waals surface area contributed by atoms with Gasteiger partial charge in [0.25, 0.3) is 5.91 Å². The quantitative estimate of drug-likeness (QED) is 0.228. The number of carbonyl (C=O) groups is 2. The van der Waals surface area contributed by atoms with E-state index in [1.807, 2.05) is 0 Å². The number of likely N-dealkylation sites (N-methyl/N-ethyl adjacent to an activating group) is 1. The van der Waals surface area contributed by atoms with Gasteiger partial charge in [0, 0.05) is 12.6 Å². The third-order valence-corrected chi connectivity index (χ3v) is 6.88. The number of halogens is 3. The van der Waals surface area contributed by atoms with Crippen molar-refractivity contribution in [3.05, 3.63) is 98.1 Å². The topological polar surface area (TPSA) is 68.2 Å². The predicted molar refractivity (Wildman–Crippen MR) is 145 cm³/mol. The van der Waals surface area contributed by atoms with Gasteiger partial charge in [-0.2, -0.15) is 0 Å². The van der Waals surface area contributed by atoms with Gasteiger partial charge in [0.2, 0.25) is 0 Å². The van der Waals surface area contributed by atoms with Crippen molar-refractivity contribution < 1.29 is 23.5 Å². The zero-order valence-electron chi connectivity index (χ0n) is 19.8. The molecule has 0 spiro atoms. The molecule has 190 valence electrons. The highest BCUT2D eigenvalue weighted by atomic mass is 35.5. The van der Waals surface area contributed by atoms with Crippen LogP contribution in [-0.2, 0) is 16.1 Å². The number of hydrogen-bond acceptors (Lipinski definition) is 6. The molecule has 1 heterocycles. The minimum Gasteiger partial charge on any atom is -0.486 e. The van der Waals surface area contributed by atoms with Crippen molar-refractivity contribution in [2.45, 2.75) is 13.5 Å². The Hall–Kier alpha value is -3.33. The molecule has 1 aliphatic heterocycles. The average molecular weight is 559 g/mol. The monoisotopic (exact) mass is 558 g/mol. The number of thioether (sulfide) groups is 1. The van der Waals surface area contributed by atoms with Gasteiger partial charge in [0.1, 0.15) is 12.4 Å². The fraction of sp³-hybridized carbons (Fsp3) is 0.148. The maximum atomic E-state index is 13.9. The van der Waals surface area contributed by atoms with E-state index >= 15 is 0 Å². The summed E-state index contributed by atoms with van der Waals surface area (Å²) in [6.45, 7) is 2.00. The lowest BCUT2D eigenvalue weighted by Gasteiger charge is -2.11. The number of hydrogen-bond donors (Lipinski definition) is 0. The number of aliphatic imine (C=N–C) groups is 1. The average Bonchev–Trinajstić information content (AvgIpc) is 3.12. The number of carbonyl (C=O) groups excluding carboxylic acids is 2. The normalized spacial score (nSPS) is 15.5. The van der Waals surface area contributed by atoms with Crippen LogP contribution in [0.1, 0.15) is 28.4 Å². The molecular formula is C27H21Cl2FN2O4S. The standard InChI is InChI=1S/C27H21Cl2FN2O4S/c1-3-35-26(34)17-8-10-19(11-9-17)31-27-32(2)25(33)23(37-27)14-16-12-20(28)24(21(29)13-16)36-15-18-6-4-5-7-22(18)30/h4-14H,3,15H2,1-2H3/b23-14-,31-27?. The maximum Gasteiger partial charge on any atom is 0.338 e. The van der Waals surface area contributed by atoms with Gasteiger partial charge in [-0.3, -0.25) is 9.69 Å². The summed E-state index contributed by atoms with van der Waals surface area (Å²) in [4.78, 5) is 31.0. The first-order valence-electron chi connectivity index (χ1n) is 11.2. The molecule has 0 atom stereocenters. The number of rotatable bonds is 7. The summed E-state index contributed by atoms with van der Waals surface area (Å²) in [5, 5.41) is 0.937.